The van der Waals surface area contributed by atoms with E-state index in [-0.39, 0.29) is 6.04 Å². The maximum Gasteiger partial charge on any atom is 0.0757 e. The Bertz CT molecular complexity index is 239. The zero-order chi connectivity index (χ0) is 13.0. The molecule has 0 amide bonds. The first-order chi connectivity index (χ1) is 8.70. The highest BCUT2D eigenvalue weighted by molar-refractivity contribution is 4.89. The van der Waals surface area contributed by atoms with E-state index >= 15 is 0 Å². The molecular formula is C15H30N2O. The van der Waals surface area contributed by atoms with E-state index in [4.69, 9.17) is 10.5 Å². The van der Waals surface area contributed by atoms with Crippen LogP contribution < -0.4 is 5.73 Å². The van der Waals surface area contributed by atoms with Gasteiger partial charge >= 0.3 is 0 Å². The van der Waals surface area contributed by atoms with Crippen molar-refractivity contribution in [2.24, 2.45) is 5.73 Å². The van der Waals surface area contributed by atoms with Gasteiger partial charge in [-0.05, 0) is 32.7 Å². The molecule has 0 aromatic carbocycles. The predicted octanol–water partition coefficient (Wildman–Crippen LogP) is 2.54. The van der Waals surface area contributed by atoms with E-state index < -0.39 is 0 Å². The molecule has 3 heteroatoms. The number of nitrogens with zero attached hydrogens (tertiary/aromatic N) is 1. The predicted molar refractivity (Wildman–Crippen MR) is 75.7 cm³/mol. The van der Waals surface area contributed by atoms with Gasteiger partial charge in [-0.3, -0.25) is 0 Å². The van der Waals surface area contributed by atoms with E-state index in [1.807, 2.05) is 0 Å². The van der Waals surface area contributed by atoms with Crippen molar-refractivity contribution in [3.8, 4) is 0 Å². The molecule has 1 aliphatic carbocycles. The summed E-state index contributed by atoms with van der Waals surface area (Å²) in [6.45, 7) is 3.25. The molecule has 2 fully saturated rings. The Morgan fingerprint density at radius 2 is 1.94 bits per heavy atom. The van der Waals surface area contributed by atoms with Crippen molar-refractivity contribution in [3.05, 3.63) is 0 Å². The van der Waals surface area contributed by atoms with Crippen LogP contribution in [0, 0.1) is 0 Å². The SMILES string of the molecule is CCCC1CC(OC2CCCCC2)C(N)CN1C. The molecule has 0 radical (unpaired) electrons. The molecule has 0 aromatic rings. The fourth-order valence-electron chi connectivity index (χ4n) is 3.50. The molecule has 18 heavy (non-hydrogen) atoms. The van der Waals surface area contributed by atoms with Crippen LogP contribution in [0.5, 0.6) is 0 Å². The molecule has 106 valence electrons. The van der Waals surface area contributed by atoms with Crippen molar-refractivity contribution in [2.45, 2.75) is 82.6 Å². The Hall–Kier alpha value is -0.120. The minimum atomic E-state index is 0.199. The van der Waals surface area contributed by atoms with Gasteiger partial charge in [0.05, 0.1) is 12.2 Å². The molecule has 3 nitrogen and oxygen atoms in total. The van der Waals surface area contributed by atoms with E-state index in [2.05, 4.69) is 18.9 Å². The monoisotopic (exact) mass is 254 g/mol. The molecule has 3 atom stereocenters. The molecule has 0 spiro atoms. The number of rotatable bonds is 4. The lowest BCUT2D eigenvalue weighted by Crippen LogP contribution is -2.56. The summed E-state index contributed by atoms with van der Waals surface area (Å²) in [6, 6.07) is 0.869. The third-order valence-electron chi connectivity index (χ3n) is 4.65. The number of hydrogen-bond donors (Lipinski definition) is 1. The van der Waals surface area contributed by atoms with Crippen molar-refractivity contribution < 1.29 is 4.74 Å². The van der Waals surface area contributed by atoms with Crippen LogP contribution in [0.25, 0.3) is 0 Å². The Morgan fingerprint density at radius 3 is 2.61 bits per heavy atom. The number of hydrogen-bond acceptors (Lipinski definition) is 3. The van der Waals surface area contributed by atoms with Crippen molar-refractivity contribution in [2.75, 3.05) is 13.6 Å². The van der Waals surface area contributed by atoms with E-state index in [0.717, 1.165) is 13.0 Å². The van der Waals surface area contributed by atoms with Crippen LogP contribution in [0.1, 0.15) is 58.3 Å². The van der Waals surface area contributed by atoms with Crippen LogP contribution in [0.15, 0.2) is 0 Å². The van der Waals surface area contributed by atoms with Gasteiger partial charge in [-0.25, -0.2) is 0 Å². The largest absolute Gasteiger partial charge is 0.373 e. The average molecular weight is 254 g/mol. The highest BCUT2D eigenvalue weighted by Crippen LogP contribution is 2.27. The molecule has 0 aromatic heterocycles. The van der Waals surface area contributed by atoms with Gasteiger partial charge in [0.1, 0.15) is 0 Å². The van der Waals surface area contributed by atoms with Gasteiger partial charge in [0.15, 0.2) is 0 Å². The van der Waals surface area contributed by atoms with Crippen molar-refractivity contribution in [3.63, 3.8) is 0 Å². The summed E-state index contributed by atoms with van der Waals surface area (Å²) in [7, 11) is 2.21. The molecule has 1 heterocycles. The molecule has 2 rings (SSSR count). The summed E-state index contributed by atoms with van der Waals surface area (Å²) in [6.07, 6.45) is 11.0. The zero-order valence-corrected chi connectivity index (χ0v) is 12.1. The Labute approximate surface area is 112 Å². The number of ether oxygens (including phenoxy) is 1. The maximum atomic E-state index is 6.32. The van der Waals surface area contributed by atoms with Crippen molar-refractivity contribution >= 4 is 0 Å². The Balaban J connectivity index is 1.85. The topological polar surface area (TPSA) is 38.5 Å². The summed E-state index contributed by atoms with van der Waals surface area (Å²) in [5, 5.41) is 0. The van der Waals surface area contributed by atoms with E-state index in [9.17, 15) is 0 Å². The van der Waals surface area contributed by atoms with Gasteiger partial charge < -0.3 is 15.4 Å². The molecular weight excluding hydrogens is 224 g/mol. The van der Waals surface area contributed by atoms with Crippen LogP contribution in [0.4, 0.5) is 0 Å². The molecule has 3 unspecified atom stereocenters. The van der Waals surface area contributed by atoms with Crippen LogP contribution >= 0.6 is 0 Å². The summed E-state index contributed by atoms with van der Waals surface area (Å²) in [5.41, 5.74) is 6.28. The van der Waals surface area contributed by atoms with Crippen molar-refractivity contribution in [1.29, 1.82) is 0 Å². The first-order valence-corrected chi connectivity index (χ1v) is 7.82. The number of likely N-dealkylation sites (tertiary alicyclic amines) is 1. The minimum Gasteiger partial charge on any atom is -0.373 e. The lowest BCUT2D eigenvalue weighted by atomic mass is 9.92. The van der Waals surface area contributed by atoms with Gasteiger partial charge in [0, 0.05) is 18.6 Å². The van der Waals surface area contributed by atoms with Crippen LogP contribution in [0.3, 0.4) is 0 Å². The lowest BCUT2D eigenvalue weighted by Gasteiger charge is -2.42. The fraction of sp³-hybridized carbons (Fsp3) is 1.00. The van der Waals surface area contributed by atoms with Crippen LogP contribution in [-0.2, 0) is 4.74 Å². The van der Waals surface area contributed by atoms with Gasteiger partial charge in [0.2, 0.25) is 0 Å². The van der Waals surface area contributed by atoms with Gasteiger partial charge in [-0.1, -0.05) is 32.6 Å². The summed E-state index contributed by atoms with van der Waals surface area (Å²) in [4.78, 5) is 2.43. The van der Waals surface area contributed by atoms with E-state index in [1.54, 1.807) is 0 Å². The smallest absolute Gasteiger partial charge is 0.0757 e. The second-order valence-electron chi connectivity index (χ2n) is 6.22. The molecule has 1 aliphatic heterocycles. The minimum absolute atomic E-state index is 0.199. The zero-order valence-electron chi connectivity index (χ0n) is 12.1. The first-order valence-electron chi connectivity index (χ1n) is 7.82. The molecule has 2 N–H and O–H groups in total. The summed E-state index contributed by atoms with van der Waals surface area (Å²) >= 11 is 0. The lowest BCUT2D eigenvalue weighted by molar-refractivity contribution is -0.0760. The third kappa shape index (κ3) is 3.69. The second kappa shape index (κ2) is 6.88. The number of nitrogens with two attached hydrogens (primary N) is 1. The van der Waals surface area contributed by atoms with Crippen LogP contribution in [-0.4, -0.2) is 42.8 Å². The highest BCUT2D eigenvalue weighted by atomic mass is 16.5. The fourth-order valence-corrected chi connectivity index (χ4v) is 3.50. The summed E-state index contributed by atoms with van der Waals surface area (Å²) in [5.74, 6) is 0. The maximum absolute atomic E-state index is 6.32. The number of likely N-dealkylation sites (N-methyl/N-ethyl adjacent to an activating group) is 1. The summed E-state index contributed by atoms with van der Waals surface area (Å²) < 4.78 is 6.32. The Morgan fingerprint density at radius 1 is 1.22 bits per heavy atom. The molecule has 1 saturated heterocycles. The molecule has 1 saturated carbocycles. The quantitative estimate of drug-likeness (QED) is 0.838. The Kier molecular flexibility index (Phi) is 5.46. The van der Waals surface area contributed by atoms with Gasteiger partial charge in [-0.2, -0.15) is 0 Å². The van der Waals surface area contributed by atoms with E-state index in [0.29, 0.717) is 18.2 Å². The normalized spacial score (nSPS) is 35.8. The van der Waals surface area contributed by atoms with Gasteiger partial charge in [-0.15, -0.1) is 0 Å². The third-order valence-corrected chi connectivity index (χ3v) is 4.65. The standard InChI is InChI=1S/C15H30N2O/c1-3-7-12-10-15(14(16)11-17(12)2)18-13-8-5-4-6-9-13/h12-15H,3-11,16H2,1-2H3. The van der Waals surface area contributed by atoms with Crippen molar-refractivity contribution in [1.82, 2.24) is 4.90 Å². The average Bonchev–Trinajstić information content (AvgIpc) is 2.37. The van der Waals surface area contributed by atoms with E-state index in [1.165, 1.54) is 44.9 Å². The van der Waals surface area contributed by atoms with Gasteiger partial charge in [0.25, 0.3) is 0 Å². The highest BCUT2D eigenvalue weighted by Gasteiger charge is 2.33. The first kappa shape index (κ1) is 14.3. The molecule has 2 aliphatic rings. The molecule has 0 bridgehead atoms. The van der Waals surface area contributed by atoms with Crippen LogP contribution in [0.2, 0.25) is 0 Å². The second-order valence-corrected chi connectivity index (χ2v) is 6.22. The number of piperidine rings is 1.